The first-order valence-electron chi connectivity index (χ1n) is 16.4. The highest BCUT2D eigenvalue weighted by Crippen LogP contribution is 2.66. The van der Waals surface area contributed by atoms with Crippen molar-refractivity contribution in [3.05, 3.63) is 47.7 Å². The fourth-order valence-corrected chi connectivity index (χ4v) is 9.09. The molecule has 0 bridgehead atoms. The first kappa shape index (κ1) is 29.0. The van der Waals surface area contributed by atoms with Crippen LogP contribution in [0, 0.1) is 41.2 Å². The molecule has 3 saturated heterocycles. The van der Waals surface area contributed by atoms with Gasteiger partial charge in [-0.3, -0.25) is 9.88 Å². The molecule has 8 nitrogen and oxygen atoms in total. The number of pyridine rings is 1. The maximum absolute atomic E-state index is 17.0. The van der Waals surface area contributed by atoms with Crippen LogP contribution in [0.15, 0.2) is 30.5 Å². The highest BCUT2D eigenvalue weighted by molar-refractivity contribution is 6.03. The van der Waals surface area contributed by atoms with Crippen LogP contribution < -0.4 is 15.4 Å². The number of nitrogen functional groups attached to an aromatic ring is 1. The smallest absolute Gasteiger partial charge is 0.319 e. The van der Waals surface area contributed by atoms with Crippen LogP contribution in [0.25, 0.3) is 32.9 Å². The summed E-state index contributed by atoms with van der Waals surface area (Å²) < 4.78 is 59.1. The summed E-state index contributed by atoms with van der Waals surface area (Å²) in [6.45, 7) is 5.83. The molecule has 2 aromatic heterocycles. The molecule has 5 aliphatic rings. The van der Waals surface area contributed by atoms with Crippen LogP contribution in [0.4, 0.5) is 24.7 Å². The third-order valence-corrected chi connectivity index (χ3v) is 11.5. The number of rotatable bonds is 5. The number of nitrogens with zero attached hydrogens (tertiary/aromatic N) is 5. The van der Waals surface area contributed by atoms with E-state index in [9.17, 15) is 4.39 Å². The molecule has 242 valence electrons. The lowest BCUT2D eigenvalue weighted by Crippen LogP contribution is -2.49. The molecule has 11 heteroatoms. The van der Waals surface area contributed by atoms with Gasteiger partial charge in [-0.05, 0) is 67.1 Å². The Balaban J connectivity index is 1.20. The summed E-state index contributed by atoms with van der Waals surface area (Å²) in [5.74, 6) is 1.67. The number of terminal acetylenes is 1. The number of benzene rings is 2. The summed E-state index contributed by atoms with van der Waals surface area (Å²) in [6, 6.07) is 5.61. The minimum atomic E-state index is -1.09. The van der Waals surface area contributed by atoms with E-state index in [1.165, 1.54) is 31.2 Å². The van der Waals surface area contributed by atoms with E-state index in [2.05, 4.69) is 27.7 Å². The van der Waals surface area contributed by atoms with Crippen LogP contribution in [0.3, 0.4) is 0 Å². The Morgan fingerprint density at radius 1 is 1.17 bits per heavy atom. The molecular formula is C36H35F3N6O2. The van der Waals surface area contributed by atoms with Crippen LogP contribution in [0.1, 0.15) is 38.2 Å². The van der Waals surface area contributed by atoms with Gasteiger partial charge in [0.05, 0.1) is 35.7 Å². The lowest BCUT2D eigenvalue weighted by molar-refractivity contribution is 0.0642. The molecule has 9 rings (SSSR count). The third kappa shape index (κ3) is 4.20. The molecule has 0 amide bonds. The molecule has 5 fully saturated rings. The largest absolute Gasteiger partial charge is 0.461 e. The number of hydrogen-bond donors (Lipinski definition) is 1. The molecular weight excluding hydrogens is 605 g/mol. The fourth-order valence-electron chi connectivity index (χ4n) is 9.09. The van der Waals surface area contributed by atoms with Crippen LogP contribution in [-0.4, -0.2) is 77.1 Å². The number of halogens is 3. The number of hydrogen-bond acceptors (Lipinski definition) is 8. The summed E-state index contributed by atoms with van der Waals surface area (Å²) in [4.78, 5) is 18.4. The minimum absolute atomic E-state index is 0.00954. The maximum atomic E-state index is 17.0. The van der Waals surface area contributed by atoms with Gasteiger partial charge < -0.3 is 20.1 Å². The lowest BCUT2D eigenvalue weighted by atomic mass is 9.79. The Labute approximate surface area is 270 Å². The van der Waals surface area contributed by atoms with Gasteiger partial charge in [-0.2, -0.15) is 9.97 Å². The number of aromatic nitrogens is 3. The molecule has 2 aromatic carbocycles. The molecule has 3 aliphatic heterocycles. The van der Waals surface area contributed by atoms with Gasteiger partial charge in [-0.15, -0.1) is 6.42 Å². The van der Waals surface area contributed by atoms with E-state index in [0.717, 1.165) is 25.9 Å². The number of nitrogens with two attached hydrogens (primary N) is 1. The molecule has 2 N–H and O–H groups in total. The summed E-state index contributed by atoms with van der Waals surface area (Å²) in [5, 5.41) is 1.21. The van der Waals surface area contributed by atoms with Crippen LogP contribution >= 0.6 is 0 Å². The molecule has 0 radical (unpaired) electrons. The van der Waals surface area contributed by atoms with E-state index >= 15 is 8.78 Å². The Morgan fingerprint density at radius 2 is 2.02 bits per heavy atom. The normalized spacial score (nSPS) is 29.1. The van der Waals surface area contributed by atoms with Gasteiger partial charge in [-0.1, -0.05) is 18.9 Å². The molecule has 1 spiro atoms. The van der Waals surface area contributed by atoms with Gasteiger partial charge >= 0.3 is 6.01 Å². The predicted molar refractivity (Wildman–Crippen MR) is 173 cm³/mol. The van der Waals surface area contributed by atoms with Crippen molar-refractivity contribution in [1.29, 1.82) is 0 Å². The van der Waals surface area contributed by atoms with E-state index in [0.29, 0.717) is 59.9 Å². The average molecular weight is 641 g/mol. The van der Waals surface area contributed by atoms with Crippen LogP contribution in [-0.2, 0) is 4.74 Å². The van der Waals surface area contributed by atoms with E-state index in [-0.39, 0.29) is 45.2 Å². The highest BCUT2D eigenvalue weighted by atomic mass is 19.1. The average Bonchev–Trinajstić information content (AvgIpc) is 3.93. The van der Waals surface area contributed by atoms with Gasteiger partial charge in [-0.25, -0.2) is 13.2 Å². The number of fused-ring (bicyclic) bond motifs is 5. The predicted octanol–water partition coefficient (Wildman–Crippen LogP) is 5.50. The molecule has 5 atom stereocenters. The van der Waals surface area contributed by atoms with Gasteiger partial charge in [0.25, 0.3) is 0 Å². The summed E-state index contributed by atoms with van der Waals surface area (Å²) in [5.41, 5.74) is 6.84. The van der Waals surface area contributed by atoms with Gasteiger partial charge in [0, 0.05) is 41.8 Å². The number of ether oxygens (including phenoxy) is 2. The summed E-state index contributed by atoms with van der Waals surface area (Å²) in [7, 11) is 0. The second-order valence-electron chi connectivity index (χ2n) is 14.2. The van der Waals surface area contributed by atoms with E-state index < -0.39 is 23.8 Å². The monoisotopic (exact) mass is 640 g/mol. The zero-order chi connectivity index (χ0) is 32.2. The second kappa shape index (κ2) is 10.2. The zero-order valence-corrected chi connectivity index (χ0v) is 26.1. The van der Waals surface area contributed by atoms with Crippen LogP contribution in [0.2, 0.25) is 0 Å². The fraction of sp³-hybridized carbons (Fsp3) is 0.472. The van der Waals surface area contributed by atoms with Crippen molar-refractivity contribution in [3.63, 3.8) is 0 Å². The van der Waals surface area contributed by atoms with Gasteiger partial charge in [0.1, 0.15) is 35.6 Å². The highest BCUT2D eigenvalue weighted by Gasteiger charge is 2.68. The first-order valence-corrected chi connectivity index (χ1v) is 16.4. The zero-order valence-electron chi connectivity index (χ0n) is 26.1. The van der Waals surface area contributed by atoms with Crippen molar-refractivity contribution >= 4 is 33.2 Å². The molecule has 47 heavy (non-hydrogen) atoms. The van der Waals surface area contributed by atoms with Crippen molar-refractivity contribution < 1.29 is 22.6 Å². The number of anilines is 2. The Kier molecular flexibility index (Phi) is 6.29. The second-order valence-corrected chi connectivity index (χ2v) is 14.2. The van der Waals surface area contributed by atoms with E-state index in [4.69, 9.17) is 26.6 Å². The molecule has 4 aromatic rings. The molecule has 0 unspecified atom stereocenters. The Bertz CT molecular complexity index is 2010. The van der Waals surface area contributed by atoms with Crippen molar-refractivity contribution in [2.24, 2.45) is 17.3 Å². The molecule has 2 saturated carbocycles. The summed E-state index contributed by atoms with van der Waals surface area (Å²) >= 11 is 0. The Morgan fingerprint density at radius 3 is 2.83 bits per heavy atom. The van der Waals surface area contributed by atoms with E-state index in [1.807, 2.05) is 4.90 Å². The molecule has 2 aliphatic carbocycles. The topological polar surface area (TPSA) is 89.6 Å². The lowest BCUT2D eigenvalue weighted by Gasteiger charge is -2.37. The van der Waals surface area contributed by atoms with Gasteiger partial charge in [0.2, 0.25) is 0 Å². The van der Waals surface area contributed by atoms with Crippen molar-refractivity contribution in [2.75, 3.05) is 50.1 Å². The minimum Gasteiger partial charge on any atom is -0.461 e. The summed E-state index contributed by atoms with van der Waals surface area (Å²) in [6.07, 6.45) is 10.7. The van der Waals surface area contributed by atoms with Crippen molar-refractivity contribution in [3.8, 4) is 29.6 Å². The maximum Gasteiger partial charge on any atom is 0.319 e. The van der Waals surface area contributed by atoms with Gasteiger partial charge in [0.15, 0.2) is 5.82 Å². The molecule has 5 heterocycles. The third-order valence-electron chi connectivity index (χ3n) is 11.5. The SMILES string of the molecule is C#Cc1c(F)ccc2cc(N)cc(-c3ncc4c(N5CCOC[C@H]6[C@H](F)[C@H]65)nc(OC[C@@]56C[C@H](C)CN5CCC65CC5)nc4c3F)c12. The number of alkyl halides is 1. The van der Waals surface area contributed by atoms with Crippen molar-refractivity contribution in [2.45, 2.75) is 50.4 Å². The van der Waals surface area contributed by atoms with E-state index in [1.54, 1.807) is 12.1 Å². The first-order chi connectivity index (χ1) is 22.7. The standard InChI is InChI=1S/C36H35F3N6O2/c1-3-22-26(37)5-4-20-12-21(40)13-23(27(20)22)30-29(39)31-24(15-41-30)33(45-10-11-46-17-25-28(38)32(25)45)43-34(42-31)47-18-36-14-19(2)16-44(36)9-8-35(36)6-7-35/h1,4-5,12-13,15,19,25,28,32H,6-11,14,16-18,40H2,2H3/t19-,25-,28-,32-,36+/m0/s1. The van der Waals surface area contributed by atoms with Crippen LogP contribution in [0.5, 0.6) is 6.01 Å². The van der Waals surface area contributed by atoms with Crippen molar-refractivity contribution in [1.82, 2.24) is 19.9 Å². The quantitative estimate of drug-likeness (QED) is 0.226. The Hall–Kier alpha value is -4.14.